The summed E-state index contributed by atoms with van der Waals surface area (Å²) in [5.41, 5.74) is 0.0372. The highest BCUT2D eigenvalue weighted by atomic mass is 16.3. The van der Waals surface area contributed by atoms with Gasteiger partial charge in [0.15, 0.2) is 5.78 Å². The van der Waals surface area contributed by atoms with Crippen molar-refractivity contribution in [3.8, 4) is 0 Å². The van der Waals surface area contributed by atoms with Crippen LogP contribution in [0.1, 0.15) is 52.4 Å². The van der Waals surface area contributed by atoms with E-state index in [0.717, 1.165) is 19.3 Å². The van der Waals surface area contributed by atoms with E-state index in [2.05, 4.69) is 13.5 Å². The number of aliphatic hydroxyl groups is 2. The van der Waals surface area contributed by atoms with E-state index in [-0.39, 0.29) is 23.5 Å². The number of ketones is 1. The highest BCUT2D eigenvalue weighted by Crippen LogP contribution is 2.48. The van der Waals surface area contributed by atoms with Gasteiger partial charge < -0.3 is 10.2 Å². The van der Waals surface area contributed by atoms with Crippen LogP contribution in [0.3, 0.4) is 0 Å². The Labute approximate surface area is 127 Å². The third-order valence-corrected chi connectivity index (χ3v) is 5.10. The van der Waals surface area contributed by atoms with Crippen molar-refractivity contribution in [2.24, 2.45) is 17.8 Å². The average molecular weight is 292 g/mol. The van der Waals surface area contributed by atoms with Gasteiger partial charge in [0.2, 0.25) is 0 Å². The molecule has 3 heteroatoms. The van der Waals surface area contributed by atoms with E-state index in [0.29, 0.717) is 24.8 Å². The van der Waals surface area contributed by atoms with Crippen LogP contribution in [-0.4, -0.2) is 27.7 Å². The van der Waals surface area contributed by atoms with Crippen molar-refractivity contribution in [1.82, 2.24) is 0 Å². The standard InChI is InChI=1S/C18H28O3/c1-4-5-8-18(3,21)9-6-7-13-14-10-12(2)17(20)15(14)11-16(13)19/h6-7,13-16,19,21H,2,4-5,8-11H2,1,3H3/t13-,14-,15-,16+,18?/m0/s1. The Morgan fingerprint density at radius 2 is 2.19 bits per heavy atom. The highest BCUT2D eigenvalue weighted by Gasteiger charge is 2.49. The molecule has 0 bridgehead atoms. The molecule has 0 saturated heterocycles. The third-order valence-electron chi connectivity index (χ3n) is 5.10. The van der Waals surface area contributed by atoms with Crippen LogP contribution in [0.4, 0.5) is 0 Å². The van der Waals surface area contributed by atoms with E-state index in [1.165, 1.54) is 0 Å². The first-order chi connectivity index (χ1) is 9.85. The molecule has 0 aromatic heterocycles. The quantitative estimate of drug-likeness (QED) is 0.584. The molecule has 0 aromatic rings. The molecule has 2 aliphatic carbocycles. The molecule has 0 aliphatic heterocycles. The van der Waals surface area contributed by atoms with E-state index < -0.39 is 11.7 Å². The second-order valence-corrected chi connectivity index (χ2v) is 7.06. The Morgan fingerprint density at radius 3 is 2.86 bits per heavy atom. The van der Waals surface area contributed by atoms with E-state index in [1.807, 2.05) is 19.1 Å². The maximum atomic E-state index is 12.0. The molecule has 2 saturated carbocycles. The molecule has 118 valence electrons. The lowest BCUT2D eigenvalue weighted by atomic mass is 9.89. The maximum absolute atomic E-state index is 12.0. The average Bonchev–Trinajstić information content (AvgIpc) is 2.86. The van der Waals surface area contributed by atoms with Gasteiger partial charge in [-0.1, -0.05) is 38.5 Å². The Balaban J connectivity index is 1.94. The summed E-state index contributed by atoms with van der Waals surface area (Å²) in [5, 5.41) is 20.4. The van der Waals surface area contributed by atoms with Gasteiger partial charge in [0.25, 0.3) is 0 Å². The SMILES string of the molecule is C=C1C[C@H]2[C@H](C=CCC(C)(O)CCCC)[C@H](O)C[C@@H]2C1=O. The van der Waals surface area contributed by atoms with Crippen LogP contribution < -0.4 is 0 Å². The fourth-order valence-electron chi connectivity index (χ4n) is 3.78. The van der Waals surface area contributed by atoms with Crippen LogP contribution >= 0.6 is 0 Å². The van der Waals surface area contributed by atoms with Crippen LogP contribution in [-0.2, 0) is 4.79 Å². The predicted molar refractivity (Wildman–Crippen MR) is 83.8 cm³/mol. The van der Waals surface area contributed by atoms with Gasteiger partial charge in [0.1, 0.15) is 0 Å². The zero-order chi connectivity index (χ0) is 15.6. The van der Waals surface area contributed by atoms with E-state index in [4.69, 9.17) is 0 Å². The van der Waals surface area contributed by atoms with Crippen molar-refractivity contribution in [2.75, 3.05) is 0 Å². The summed E-state index contributed by atoms with van der Waals surface area (Å²) in [4.78, 5) is 12.0. The number of hydrogen-bond acceptors (Lipinski definition) is 3. The molecule has 2 aliphatic rings. The maximum Gasteiger partial charge on any atom is 0.161 e. The largest absolute Gasteiger partial charge is 0.392 e. The number of Topliss-reactive ketones (excluding diaryl/α,β-unsaturated/α-hetero) is 1. The number of carbonyl (C=O) groups is 1. The van der Waals surface area contributed by atoms with Gasteiger partial charge in [-0.3, -0.25) is 4.79 Å². The van der Waals surface area contributed by atoms with Crippen molar-refractivity contribution >= 4 is 5.78 Å². The zero-order valence-corrected chi connectivity index (χ0v) is 13.2. The molecule has 2 rings (SSSR count). The Kier molecular flexibility index (Phi) is 5.05. The number of unbranched alkanes of at least 4 members (excludes halogenated alkanes) is 1. The molecule has 0 aromatic carbocycles. The molecule has 0 radical (unpaired) electrons. The summed E-state index contributed by atoms with van der Waals surface area (Å²) in [5.74, 6) is 0.338. The number of rotatable bonds is 6. The fourth-order valence-corrected chi connectivity index (χ4v) is 3.78. The van der Waals surface area contributed by atoms with E-state index in [9.17, 15) is 15.0 Å². The summed E-state index contributed by atoms with van der Waals surface area (Å²) in [6, 6.07) is 0. The van der Waals surface area contributed by atoms with Gasteiger partial charge in [0.05, 0.1) is 11.7 Å². The molecule has 0 spiro atoms. The molecule has 1 unspecified atom stereocenters. The van der Waals surface area contributed by atoms with Crippen molar-refractivity contribution < 1.29 is 15.0 Å². The number of fused-ring (bicyclic) bond motifs is 1. The summed E-state index contributed by atoms with van der Waals surface area (Å²) in [7, 11) is 0. The van der Waals surface area contributed by atoms with E-state index in [1.54, 1.807) is 0 Å². The Bertz CT molecular complexity index is 436. The first-order valence-electron chi connectivity index (χ1n) is 8.15. The van der Waals surface area contributed by atoms with Crippen molar-refractivity contribution in [3.63, 3.8) is 0 Å². The van der Waals surface area contributed by atoms with Gasteiger partial charge in [-0.2, -0.15) is 0 Å². The summed E-state index contributed by atoms with van der Waals surface area (Å²) < 4.78 is 0. The molecular weight excluding hydrogens is 264 g/mol. The molecule has 2 fully saturated rings. The van der Waals surface area contributed by atoms with Crippen molar-refractivity contribution in [2.45, 2.75) is 64.1 Å². The molecule has 21 heavy (non-hydrogen) atoms. The lowest BCUT2D eigenvalue weighted by molar-refractivity contribution is -0.118. The minimum Gasteiger partial charge on any atom is -0.392 e. The smallest absolute Gasteiger partial charge is 0.161 e. The summed E-state index contributed by atoms with van der Waals surface area (Å²) in [6.07, 6.45) is 8.32. The van der Waals surface area contributed by atoms with Gasteiger partial charge in [0, 0.05) is 11.8 Å². The van der Waals surface area contributed by atoms with Gasteiger partial charge in [-0.05, 0) is 44.1 Å². The molecule has 2 N–H and O–H groups in total. The predicted octanol–water partition coefficient (Wildman–Crippen LogP) is 3.02. The van der Waals surface area contributed by atoms with Crippen LogP contribution in [0, 0.1) is 17.8 Å². The topological polar surface area (TPSA) is 57.5 Å². The van der Waals surface area contributed by atoms with Gasteiger partial charge in [-0.15, -0.1) is 0 Å². The third kappa shape index (κ3) is 3.64. The summed E-state index contributed by atoms with van der Waals surface area (Å²) >= 11 is 0. The lowest BCUT2D eigenvalue weighted by Gasteiger charge is -2.22. The number of hydrogen-bond donors (Lipinski definition) is 2. The second kappa shape index (κ2) is 6.45. The Hall–Kier alpha value is -0.930. The molecule has 5 atom stereocenters. The second-order valence-electron chi connectivity index (χ2n) is 7.06. The monoisotopic (exact) mass is 292 g/mol. The van der Waals surface area contributed by atoms with Crippen LogP contribution in [0.25, 0.3) is 0 Å². The van der Waals surface area contributed by atoms with Crippen molar-refractivity contribution in [1.29, 1.82) is 0 Å². The van der Waals surface area contributed by atoms with Crippen LogP contribution in [0.2, 0.25) is 0 Å². The van der Waals surface area contributed by atoms with Gasteiger partial charge in [-0.25, -0.2) is 0 Å². The lowest BCUT2D eigenvalue weighted by Crippen LogP contribution is -2.23. The highest BCUT2D eigenvalue weighted by molar-refractivity contribution is 5.99. The van der Waals surface area contributed by atoms with Gasteiger partial charge >= 0.3 is 0 Å². The number of carbonyl (C=O) groups excluding carboxylic acids is 1. The zero-order valence-electron chi connectivity index (χ0n) is 13.2. The first-order valence-corrected chi connectivity index (χ1v) is 8.15. The Morgan fingerprint density at radius 1 is 1.48 bits per heavy atom. The number of allylic oxidation sites excluding steroid dienone is 1. The normalized spacial score (nSPS) is 35.4. The van der Waals surface area contributed by atoms with Crippen molar-refractivity contribution in [3.05, 3.63) is 24.3 Å². The van der Waals surface area contributed by atoms with Crippen LogP contribution in [0.15, 0.2) is 24.3 Å². The minimum atomic E-state index is -0.676. The molecule has 0 amide bonds. The fraction of sp³-hybridized carbons (Fsp3) is 0.722. The first kappa shape index (κ1) is 16.4. The van der Waals surface area contributed by atoms with E-state index >= 15 is 0 Å². The minimum absolute atomic E-state index is 0.0279. The molecular formula is C18H28O3. The molecule has 3 nitrogen and oxygen atoms in total. The number of aliphatic hydroxyl groups excluding tert-OH is 1. The van der Waals surface area contributed by atoms with Crippen LogP contribution in [0.5, 0.6) is 0 Å². The molecule has 0 heterocycles. The summed E-state index contributed by atoms with van der Waals surface area (Å²) in [6.45, 7) is 7.81.